The summed E-state index contributed by atoms with van der Waals surface area (Å²) in [7, 11) is 0. The number of aliphatic hydroxyl groups is 3. The molecule has 0 amide bonds. The molecule has 0 saturated carbocycles. The van der Waals surface area contributed by atoms with Crippen molar-refractivity contribution in [2.45, 2.75) is 43.2 Å². The maximum absolute atomic E-state index is 10.5. The van der Waals surface area contributed by atoms with Gasteiger partial charge in [-0.15, -0.1) is 11.8 Å². The molecule has 156 valence electrons. The standard InChI is InChI=1S/C22H26O6S/c1-12-3-5-14(21-19(24)18(23)20(25)22(28-21)29-2)11-15(12)9-13-4-6-16-17(10-13)27-8-7-26-16/h3-6,10-11,18-25H,7-9H2,1-2H3/t18-,19-,20+,21+,22-/m1/s1. The van der Waals surface area contributed by atoms with E-state index in [1.54, 1.807) is 6.26 Å². The zero-order valence-electron chi connectivity index (χ0n) is 16.4. The molecule has 0 aromatic heterocycles. The van der Waals surface area contributed by atoms with E-state index in [2.05, 4.69) is 0 Å². The summed E-state index contributed by atoms with van der Waals surface area (Å²) in [6, 6.07) is 11.8. The second-order valence-electron chi connectivity index (χ2n) is 7.47. The first kappa shape index (κ1) is 20.5. The molecule has 0 unspecified atom stereocenters. The van der Waals surface area contributed by atoms with Crippen molar-refractivity contribution in [1.29, 1.82) is 0 Å². The highest BCUT2D eigenvalue weighted by atomic mass is 32.2. The summed E-state index contributed by atoms with van der Waals surface area (Å²) in [5.41, 5.74) is 3.49. The van der Waals surface area contributed by atoms with Gasteiger partial charge in [0.25, 0.3) is 0 Å². The van der Waals surface area contributed by atoms with Crippen LogP contribution in [0.15, 0.2) is 36.4 Å². The number of aryl methyl sites for hydroxylation is 1. The van der Waals surface area contributed by atoms with Crippen molar-refractivity contribution in [3.05, 3.63) is 58.7 Å². The van der Waals surface area contributed by atoms with Gasteiger partial charge in [0.1, 0.15) is 43.1 Å². The van der Waals surface area contributed by atoms with Crippen LogP contribution in [-0.4, -0.2) is 58.5 Å². The number of ether oxygens (including phenoxy) is 3. The van der Waals surface area contributed by atoms with Gasteiger partial charge in [-0.25, -0.2) is 0 Å². The van der Waals surface area contributed by atoms with Gasteiger partial charge in [0.2, 0.25) is 0 Å². The molecule has 1 saturated heterocycles. The largest absolute Gasteiger partial charge is 0.486 e. The fourth-order valence-electron chi connectivity index (χ4n) is 3.79. The van der Waals surface area contributed by atoms with Gasteiger partial charge in [0.05, 0.1) is 0 Å². The van der Waals surface area contributed by atoms with E-state index in [1.165, 1.54) is 11.8 Å². The van der Waals surface area contributed by atoms with E-state index in [-0.39, 0.29) is 0 Å². The number of fused-ring (bicyclic) bond motifs is 1. The predicted molar refractivity (Wildman–Crippen MR) is 111 cm³/mol. The summed E-state index contributed by atoms with van der Waals surface area (Å²) in [4.78, 5) is 0. The number of benzene rings is 2. The van der Waals surface area contributed by atoms with E-state index in [9.17, 15) is 15.3 Å². The molecule has 2 aromatic carbocycles. The van der Waals surface area contributed by atoms with Crippen LogP contribution in [0.5, 0.6) is 11.5 Å². The van der Waals surface area contributed by atoms with Crippen LogP contribution in [0.1, 0.15) is 28.4 Å². The Morgan fingerprint density at radius 3 is 2.45 bits per heavy atom. The minimum atomic E-state index is -1.26. The Bertz CT molecular complexity index is 870. The van der Waals surface area contributed by atoms with Crippen molar-refractivity contribution < 1.29 is 29.5 Å². The fraction of sp³-hybridized carbons (Fsp3) is 0.455. The van der Waals surface area contributed by atoms with Crippen LogP contribution in [-0.2, 0) is 11.2 Å². The summed E-state index contributed by atoms with van der Waals surface area (Å²) in [6.45, 7) is 3.15. The molecule has 1 fully saturated rings. The van der Waals surface area contributed by atoms with E-state index in [0.29, 0.717) is 19.6 Å². The molecule has 0 bridgehead atoms. The van der Waals surface area contributed by atoms with Gasteiger partial charge < -0.3 is 29.5 Å². The summed E-state index contributed by atoms with van der Waals surface area (Å²) in [5, 5.41) is 30.8. The normalized spacial score (nSPS) is 28.9. The third-order valence-electron chi connectivity index (χ3n) is 5.50. The smallest absolute Gasteiger partial charge is 0.161 e. The van der Waals surface area contributed by atoms with Crippen LogP contribution < -0.4 is 9.47 Å². The minimum Gasteiger partial charge on any atom is -0.486 e. The zero-order chi connectivity index (χ0) is 20.5. The average Bonchev–Trinajstić information content (AvgIpc) is 2.74. The topological polar surface area (TPSA) is 88.4 Å². The zero-order valence-corrected chi connectivity index (χ0v) is 17.3. The van der Waals surface area contributed by atoms with Crippen LogP contribution in [0.25, 0.3) is 0 Å². The van der Waals surface area contributed by atoms with Crippen LogP contribution in [0, 0.1) is 6.92 Å². The Kier molecular flexibility index (Phi) is 6.03. The van der Waals surface area contributed by atoms with Crippen LogP contribution >= 0.6 is 11.8 Å². The van der Waals surface area contributed by atoms with Crippen LogP contribution in [0.4, 0.5) is 0 Å². The van der Waals surface area contributed by atoms with E-state index >= 15 is 0 Å². The molecule has 2 heterocycles. The summed E-state index contributed by atoms with van der Waals surface area (Å²) >= 11 is 1.31. The lowest BCUT2D eigenvalue weighted by atomic mass is 9.91. The van der Waals surface area contributed by atoms with Crippen molar-refractivity contribution in [2.75, 3.05) is 19.5 Å². The summed E-state index contributed by atoms with van der Waals surface area (Å²) in [5.74, 6) is 1.52. The maximum Gasteiger partial charge on any atom is 0.161 e. The van der Waals surface area contributed by atoms with Gasteiger partial charge >= 0.3 is 0 Å². The molecule has 5 atom stereocenters. The molecule has 2 aliphatic rings. The Hall–Kier alpha value is -1.77. The number of aliphatic hydroxyl groups excluding tert-OH is 3. The van der Waals surface area contributed by atoms with Gasteiger partial charge in [0.15, 0.2) is 11.5 Å². The Balaban J connectivity index is 1.59. The molecule has 2 aliphatic heterocycles. The molecule has 2 aromatic rings. The second kappa shape index (κ2) is 8.53. The first-order valence-electron chi connectivity index (χ1n) is 9.68. The van der Waals surface area contributed by atoms with E-state index < -0.39 is 29.9 Å². The molecule has 0 aliphatic carbocycles. The summed E-state index contributed by atoms with van der Waals surface area (Å²) < 4.78 is 17.2. The van der Waals surface area contributed by atoms with Gasteiger partial charge in [-0.3, -0.25) is 0 Å². The van der Waals surface area contributed by atoms with Gasteiger partial charge in [0, 0.05) is 0 Å². The monoisotopic (exact) mass is 418 g/mol. The lowest BCUT2D eigenvalue weighted by Crippen LogP contribution is -2.52. The Labute approximate surface area is 174 Å². The van der Waals surface area contributed by atoms with E-state index in [4.69, 9.17) is 14.2 Å². The molecule has 6 nitrogen and oxygen atoms in total. The number of rotatable bonds is 4. The lowest BCUT2D eigenvalue weighted by molar-refractivity contribution is -0.200. The van der Waals surface area contributed by atoms with Crippen LogP contribution in [0.3, 0.4) is 0 Å². The highest BCUT2D eigenvalue weighted by molar-refractivity contribution is 7.99. The SMILES string of the molecule is CS[C@H]1O[C@@H](c2ccc(C)c(Cc3ccc4c(c3)OCCO4)c2)[C@H](O)[C@@H](O)[C@@H]1O. The maximum atomic E-state index is 10.5. The number of hydrogen-bond donors (Lipinski definition) is 3. The first-order chi connectivity index (χ1) is 14.0. The van der Waals surface area contributed by atoms with Crippen LogP contribution in [0.2, 0.25) is 0 Å². The molecular formula is C22H26O6S. The third-order valence-corrected chi connectivity index (χ3v) is 6.36. The molecule has 0 radical (unpaired) electrons. The van der Waals surface area contributed by atoms with Crippen molar-refractivity contribution in [1.82, 2.24) is 0 Å². The quantitative estimate of drug-likeness (QED) is 0.702. The van der Waals surface area contributed by atoms with Gasteiger partial charge in [-0.2, -0.15) is 0 Å². The number of thioether (sulfide) groups is 1. The predicted octanol–water partition coefficient (Wildman–Crippen LogP) is 2.20. The average molecular weight is 419 g/mol. The molecule has 29 heavy (non-hydrogen) atoms. The summed E-state index contributed by atoms with van der Waals surface area (Å²) in [6.07, 6.45) is -1.79. The van der Waals surface area contributed by atoms with Crippen molar-refractivity contribution in [3.63, 3.8) is 0 Å². The third kappa shape index (κ3) is 4.11. The van der Waals surface area contributed by atoms with Crippen molar-refractivity contribution >= 4 is 11.8 Å². The van der Waals surface area contributed by atoms with E-state index in [0.717, 1.165) is 33.8 Å². The van der Waals surface area contributed by atoms with E-state index in [1.807, 2.05) is 43.3 Å². The minimum absolute atomic E-state index is 0.548. The van der Waals surface area contributed by atoms with Gasteiger partial charge in [-0.05, 0) is 54.0 Å². The second-order valence-corrected chi connectivity index (χ2v) is 8.41. The molecule has 0 spiro atoms. The highest BCUT2D eigenvalue weighted by Crippen LogP contribution is 2.37. The van der Waals surface area contributed by atoms with Crippen molar-refractivity contribution in [2.24, 2.45) is 0 Å². The Morgan fingerprint density at radius 2 is 1.69 bits per heavy atom. The number of hydrogen-bond acceptors (Lipinski definition) is 7. The fourth-order valence-corrected chi connectivity index (χ4v) is 4.47. The molecule has 4 rings (SSSR count). The Morgan fingerprint density at radius 1 is 0.931 bits per heavy atom. The lowest BCUT2D eigenvalue weighted by Gasteiger charge is -2.40. The highest BCUT2D eigenvalue weighted by Gasteiger charge is 2.44. The van der Waals surface area contributed by atoms with Crippen molar-refractivity contribution in [3.8, 4) is 11.5 Å². The molecule has 7 heteroatoms. The van der Waals surface area contributed by atoms with Gasteiger partial charge in [-0.1, -0.05) is 24.3 Å². The molecular weight excluding hydrogens is 392 g/mol. The first-order valence-corrected chi connectivity index (χ1v) is 11.0. The molecule has 3 N–H and O–H groups in total.